The molecule has 0 atom stereocenters. The fourth-order valence-corrected chi connectivity index (χ4v) is 4.56. The highest BCUT2D eigenvalue weighted by Gasteiger charge is 2.34. The quantitative estimate of drug-likeness (QED) is 0.498. The maximum Gasteiger partial charge on any atom is 0.223 e. The van der Waals surface area contributed by atoms with Crippen molar-refractivity contribution in [2.75, 3.05) is 0 Å². The number of unbranched alkanes of at least 4 members (excludes halogenated alkanes) is 4. The van der Waals surface area contributed by atoms with E-state index in [2.05, 4.69) is 0 Å². The van der Waals surface area contributed by atoms with Crippen molar-refractivity contribution in [3.63, 3.8) is 0 Å². The average molecular weight is 381 g/mol. The van der Waals surface area contributed by atoms with Gasteiger partial charge in [-0.05, 0) is 25.7 Å². The summed E-state index contributed by atoms with van der Waals surface area (Å²) < 4.78 is 0. The summed E-state index contributed by atoms with van der Waals surface area (Å²) in [4.78, 5) is 23.2. The third-order valence-corrected chi connectivity index (χ3v) is 6.41. The molecule has 1 fully saturated rings. The van der Waals surface area contributed by atoms with Gasteiger partial charge in [0, 0.05) is 11.8 Å². The van der Waals surface area contributed by atoms with Crippen LogP contribution >= 0.6 is 0 Å². The van der Waals surface area contributed by atoms with Crippen molar-refractivity contribution in [2.45, 2.75) is 128 Å². The van der Waals surface area contributed by atoms with Crippen molar-refractivity contribution in [1.82, 2.24) is 0 Å². The van der Waals surface area contributed by atoms with Gasteiger partial charge in [0.25, 0.3) is 0 Å². The van der Waals surface area contributed by atoms with Gasteiger partial charge in [-0.2, -0.15) is 0 Å². The van der Waals surface area contributed by atoms with E-state index >= 15 is 0 Å². The molecule has 4 nitrogen and oxygen atoms in total. The summed E-state index contributed by atoms with van der Waals surface area (Å²) in [6, 6.07) is 0. The molecule has 0 aromatic carbocycles. The lowest BCUT2D eigenvalue weighted by atomic mass is 9.73. The number of primary amides is 2. The predicted octanol–water partition coefficient (Wildman–Crippen LogP) is 5.76. The molecule has 2 amide bonds. The summed E-state index contributed by atoms with van der Waals surface area (Å²) in [7, 11) is 0. The van der Waals surface area contributed by atoms with Crippen molar-refractivity contribution in [3.8, 4) is 0 Å². The van der Waals surface area contributed by atoms with Crippen LogP contribution in [-0.2, 0) is 9.59 Å². The molecule has 4 heteroatoms. The number of amides is 2. The van der Waals surface area contributed by atoms with Crippen LogP contribution in [0.25, 0.3) is 0 Å². The first-order chi connectivity index (χ1) is 13.1. The first kappa shape index (κ1) is 24.0. The molecule has 0 spiro atoms. The zero-order valence-electron chi connectivity index (χ0n) is 17.6. The first-order valence-electron chi connectivity index (χ1n) is 11.6. The van der Waals surface area contributed by atoms with Gasteiger partial charge in [0.05, 0.1) is 0 Å². The number of hydrogen-bond donors (Lipinski definition) is 2. The number of rotatable bonds is 9. The number of carbonyl (C=O) groups is 2. The molecular formula is C23H44N2O2. The average Bonchev–Trinajstić information content (AvgIpc) is 2.63. The van der Waals surface area contributed by atoms with Crippen molar-refractivity contribution >= 4 is 11.8 Å². The topological polar surface area (TPSA) is 86.2 Å². The van der Waals surface area contributed by atoms with Gasteiger partial charge in [-0.3, -0.25) is 9.59 Å². The molecule has 1 saturated carbocycles. The molecule has 27 heavy (non-hydrogen) atoms. The summed E-state index contributed by atoms with van der Waals surface area (Å²) in [6.07, 6.45) is 22.8. The van der Waals surface area contributed by atoms with Crippen LogP contribution in [0.15, 0.2) is 0 Å². The third kappa shape index (κ3) is 11.4. The lowest BCUT2D eigenvalue weighted by Crippen LogP contribution is -2.37. The molecular weight excluding hydrogens is 336 g/mol. The molecule has 1 aliphatic carbocycles. The standard InChI is InChI=1S/C23H44N2O2/c24-21(26)17-13-9-8-12-16-20-23(22(25)27)18-14-10-6-4-2-1-3-5-7-11-15-19-23/h1-20H2,(H2,24,26)(H2,25,27). The smallest absolute Gasteiger partial charge is 0.223 e. The highest BCUT2D eigenvalue weighted by Crippen LogP contribution is 2.37. The molecule has 158 valence electrons. The molecule has 0 aliphatic heterocycles. The number of nitrogens with two attached hydrogens (primary N) is 2. The van der Waals surface area contributed by atoms with Gasteiger partial charge in [0.1, 0.15) is 0 Å². The van der Waals surface area contributed by atoms with E-state index in [4.69, 9.17) is 11.5 Å². The van der Waals surface area contributed by atoms with Crippen LogP contribution in [0.1, 0.15) is 128 Å². The molecule has 0 unspecified atom stereocenters. The van der Waals surface area contributed by atoms with E-state index in [1.54, 1.807) is 0 Å². The van der Waals surface area contributed by atoms with Crippen molar-refractivity contribution < 1.29 is 9.59 Å². The van der Waals surface area contributed by atoms with E-state index in [-0.39, 0.29) is 17.2 Å². The molecule has 1 aliphatic rings. The Morgan fingerprint density at radius 1 is 0.593 bits per heavy atom. The van der Waals surface area contributed by atoms with Gasteiger partial charge in [-0.15, -0.1) is 0 Å². The Balaban J connectivity index is 2.45. The molecule has 0 saturated heterocycles. The van der Waals surface area contributed by atoms with Gasteiger partial charge < -0.3 is 11.5 Å². The fraction of sp³-hybridized carbons (Fsp3) is 0.913. The maximum absolute atomic E-state index is 12.4. The van der Waals surface area contributed by atoms with Crippen LogP contribution in [0.5, 0.6) is 0 Å². The van der Waals surface area contributed by atoms with E-state index in [1.165, 1.54) is 57.8 Å². The number of carbonyl (C=O) groups excluding carboxylic acids is 2. The molecule has 0 bridgehead atoms. The Labute approximate surface area is 167 Å². The predicted molar refractivity (Wildman–Crippen MR) is 113 cm³/mol. The molecule has 0 aromatic rings. The normalized spacial score (nSPS) is 19.9. The lowest BCUT2D eigenvalue weighted by molar-refractivity contribution is -0.129. The SMILES string of the molecule is NC(=O)CCCCCCCC1(C(N)=O)CCCCCCCCCCCCC1. The second-order valence-corrected chi connectivity index (χ2v) is 8.77. The van der Waals surface area contributed by atoms with Gasteiger partial charge >= 0.3 is 0 Å². The minimum Gasteiger partial charge on any atom is -0.370 e. The second-order valence-electron chi connectivity index (χ2n) is 8.77. The molecule has 0 aromatic heterocycles. The Bertz CT molecular complexity index is 395. The molecule has 4 N–H and O–H groups in total. The Kier molecular flexibility index (Phi) is 13.3. The summed E-state index contributed by atoms with van der Waals surface area (Å²) in [5, 5.41) is 0. The summed E-state index contributed by atoms with van der Waals surface area (Å²) in [5.41, 5.74) is 10.8. The van der Waals surface area contributed by atoms with Gasteiger partial charge in [-0.1, -0.05) is 96.3 Å². The van der Waals surface area contributed by atoms with E-state index in [1.807, 2.05) is 0 Å². The minimum atomic E-state index is -0.280. The highest BCUT2D eigenvalue weighted by molar-refractivity contribution is 5.80. The van der Waals surface area contributed by atoms with Gasteiger partial charge in [0.2, 0.25) is 11.8 Å². The van der Waals surface area contributed by atoms with Crippen molar-refractivity contribution in [2.24, 2.45) is 16.9 Å². The summed E-state index contributed by atoms with van der Waals surface area (Å²) in [6.45, 7) is 0. The van der Waals surface area contributed by atoms with Crippen LogP contribution in [0.3, 0.4) is 0 Å². The number of hydrogen-bond acceptors (Lipinski definition) is 2. The van der Waals surface area contributed by atoms with E-state index < -0.39 is 0 Å². The summed E-state index contributed by atoms with van der Waals surface area (Å²) in [5.74, 6) is -0.272. The maximum atomic E-state index is 12.4. The zero-order chi connectivity index (χ0) is 19.8. The Morgan fingerprint density at radius 2 is 1.00 bits per heavy atom. The summed E-state index contributed by atoms with van der Waals surface area (Å²) >= 11 is 0. The van der Waals surface area contributed by atoms with E-state index in [0.717, 1.165) is 64.2 Å². The van der Waals surface area contributed by atoms with Crippen LogP contribution in [0, 0.1) is 5.41 Å². The molecule has 0 radical (unpaired) electrons. The molecule has 1 rings (SSSR count). The highest BCUT2D eigenvalue weighted by atomic mass is 16.1. The Morgan fingerprint density at radius 3 is 1.44 bits per heavy atom. The van der Waals surface area contributed by atoms with E-state index in [0.29, 0.717) is 6.42 Å². The van der Waals surface area contributed by atoms with Crippen LogP contribution < -0.4 is 11.5 Å². The third-order valence-electron chi connectivity index (χ3n) is 6.41. The van der Waals surface area contributed by atoms with Crippen LogP contribution in [-0.4, -0.2) is 11.8 Å². The Hall–Kier alpha value is -1.06. The largest absolute Gasteiger partial charge is 0.370 e. The molecule has 0 heterocycles. The van der Waals surface area contributed by atoms with E-state index in [9.17, 15) is 9.59 Å². The van der Waals surface area contributed by atoms with Gasteiger partial charge in [-0.25, -0.2) is 0 Å². The zero-order valence-corrected chi connectivity index (χ0v) is 17.6. The van der Waals surface area contributed by atoms with Crippen LogP contribution in [0.2, 0.25) is 0 Å². The monoisotopic (exact) mass is 380 g/mol. The fourth-order valence-electron chi connectivity index (χ4n) is 4.56. The van der Waals surface area contributed by atoms with Crippen molar-refractivity contribution in [1.29, 1.82) is 0 Å². The first-order valence-corrected chi connectivity index (χ1v) is 11.6. The second kappa shape index (κ2) is 14.9. The van der Waals surface area contributed by atoms with Crippen molar-refractivity contribution in [3.05, 3.63) is 0 Å². The lowest BCUT2D eigenvalue weighted by Gasteiger charge is -2.31. The van der Waals surface area contributed by atoms with Crippen LogP contribution in [0.4, 0.5) is 0 Å². The minimum absolute atomic E-state index is 0.0664. The van der Waals surface area contributed by atoms with Gasteiger partial charge in [0.15, 0.2) is 0 Å².